The van der Waals surface area contributed by atoms with E-state index in [0.29, 0.717) is 32.9 Å². The largest absolute Gasteiger partial charge is 0.493 e. The third-order valence-corrected chi connectivity index (χ3v) is 6.28. The Labute approximate surface area is 203 Å². The molecule has 2 aromatic carbocycles. The fourth-order valence-corrected chi connectivity index (χ4v) is 4.63. The van der Waals surface area contributed by atoms with Crippen molar-refractivity contribution in [1.29, 1.82) is 0 Å². The summed E-state index contributed by atoms with van der Waals surface area (Å²) in [6.45, 7) is 4.65. The molecule has 1 saturated heterocycles. The van der Waals surface area contributed by atoms with Crippen LogP contribution in [0.15, 0.2) is 53.4 Å². The van der Waals surface area contributed by atoms with Gasteiger partial charge in [0.15, 0.2) is 17.5 Å². The summed E-state index contributed by atoms with van der Waals surface area (Å²) in [5.74, 6) is 0.386. The van der Waals surface area contributed by atoms with Crippen LogP contribution in [0.1, 0.15) is 43.9 Å². The van der Waals surface area contributed by atoms with E-state index in [1.165, 1.54) is 4.90 Å². The number of unbranched alkanes of at least 4 members (excludes halogenated alkanes) is 1. The van der Waals surface area contributed by atoms with Gasteiger partial charge < -0.3 is 14.2 Å². The number of esters is 1. The number of nitrogens with zero attached hydrogens (tertiary/aromatic N) is 1. The minimum atomic E-state index is -0.937. The highest BCUT2D eigenvalue weighted by Crippen LogP contribution is 2.39. The van der Waals surface area contributed by atoms with Gasteiger partial charge in [-0.1, -0.05) is 73.7 Å². The normalized spacial score (nSPS) is 15.6. The summed E-state index contributed by atoms with van der Waals surface area (Å²) in [5.41, 5.74) is 1.41. The van der Waals surface area contributed by atoms with Crippen molar-refractivity contribution in [2.75, 3.05) is 20.3 Å². The van der Waals surface area contributed by atoms with Gasteiger partial charge in [-0.3, -0.25) is 9.69 Å². The first kappa shape index (κ1) is 24.8. The van der Waals surface area contributed by atoms with Crippen LogP contribution < -0.4 is 9.47 Å². The molecule has 0 saturated carbocycles. The smallest absolute Gasteiger partial charge is 0.333 e. The van der Waals surface area contributed by atoms with Crippen molar-refractivity contribution in [2.24, 2.45) is 0 Å². The number of rotatable bonds is 10. The van der Waals surface area contributed by atoms with Gasteiger partial charge in [0.05, 0.1) is 25.2 Å². The molecule has 1 amide bonds. The number of amides is 1. The summed E-state index contributed by atoms with van der Waals surface area (Å²) in [5, 5.41) is 0. The van der Waals surface area contributed by atoms with Gasteiger partial charge in [-0.2, -0.15) is 0 Å². The van der Waals surface area contributed by atoms with Crippen molar-refractivity contribution in [3.63, 3.8) is 0 Å². The monoisotopic (exact) mass is 485 g/mol. The average Bonchev–Trinajstić information content (AvgIpc) is 3.09. The van der Waals surface area contributed by atoms with E-state index in [-0.39, 0.29) is 12.5 Å². The number of thioether (sulfide) groups is 1. The van der Waals surface area contributed by atoms with E-state index in [4.69, 9.17) is 26.4 Å². The Morgan fingerprint density at radius 2 is 1.91 bits per heavy atom. The summed E-state index contributed by atoms with van der Waals surface area (Å²) in [6.07, 6.45) is 3.74. The maximum atomic E-state index is 13.3. The lowest BCUT2D eigenvalue weighted by Gasteiger charge is -2.25. The van der Waals surface area contributed by atoms with Gasteiger partial charge in [0.1, 0.15) is 4.32 Å². The van der Waals surface area contributed by atoms with Crippen molar-refractivity contribution in [1.82, 2.24) is 4.90 Å². The Bertz CT molecular complexity index is 1040. The maximum absolute atomic E-state index is 13.3. The van der Waals surface area contributed by atoms with Crippen molar-refractivity contribution in [3.05, 3.63) is 64.6 Å². The molecule has 8 heteroatoms. The van der Waals surface area contributed by atoms with Gasteiger partial charge in [0, 0.05) is 0 Å². The molecular weight excluding hydrogens is 458 g/mol. The zero-order valence-corrected chi connectivity index (χ0v) is 20.5. The van der Waals surface area contributed by atoms with Crippen LogP contribution in [-0.4, -0.2) is 41.4 Å². The lowest BCUT2D eigenvalue weighted by Crippen LogP contribution is -2.38. The molecule has 3 rings (SSSR count). The van der Waals surface area contributed by atoms with Crippen molar-refractivity contribution < 1.29 is 23.8 Å². The van der Waals surface area contributed by atoms with Crippen molar-refractivity contribution in [3.8, 4) is 11.5 Å². The van der Waals surface area contributed by atoms with Gasteiger partial charge in [0.25, 0.3) is 5.91 Å². The van der Waals surface area contributed by atoms with Gasteiger partial charge in [-0.25, -0.2) is 4.79 Å². The third-order valence-electron chi connectivity index (χ3n) is 4.95. The molecule has 1 aliphatic rings. The summed E-state index contributed by atoms with van der Waals surface area (Å²) >= 11 is 6.65. The minimum absolute atomic E-state index is 0.208. The molecule has 0 radical (unpaired) electrons. The van der Waals surface area contributed by atoms with Crippen molar-refractivity contribution in [2.45, 2.75) is 32.7 Å². The molecule has 1 heterocycles. The van der Waals surface area contributed by atoms with Crippen LogP contribution in [0.3, 0.4) is 0 Å². The number of benzene rings is 2. The maximum Gasteiger partial charge on any atom is 0.333 e. The minimum Gasteiger partial charge on any atom is -0.493 e. The van der Waals surface area contributed by atoms with Crippen LogP contribution in [0.5, 0.6) is 11.5 Å². The third kappa shape index (κ3) is 5.94. The highest BCUT2D eigenvalue weighted by molar-refractivity contribution is 8.26. The van der Waals surface area contributed by atoms with Gasteiger partial charge in [-0.15, -0.1) is 0 Å². The molecule has 1 fully saturated rings. The molecule has 33 heavy (non-hydrogen) atoms. The highest BCUT2D eigenvalue weighted by Gasteiger charge is 2.42. The van der Waals surface area contributed by atoms with Gasteiger partial charge in [0.2, 0.25) is 0 Å². The van der Waals surface area contributed by atoms with Gasteiger partial charge >= 0.3 is 5.97 Å². The fraction of sp³-hybridized carbons (Fsp3) is 0.320. The number of methoxy groups -OCH3 is 1. The second-order valence-corrected chi connectivity index (χ2v) is 8.91. The number of thiocarbonyl (C=S) groups is 1. The van der Waals surface area contributed by atoms with E-state index in [1.807, 2.05) is 36.4 Å². The van der Waals surface area contributed by atoms with Crippen LogP contribution in [0.25, 0.3) is 6.08 Å². The Morgan fingerprint density at radius 1 is 1.15 bits per heavy atom. The number of carbonyl (C=O) groups is 2. The summed E-state index contributed by atoms with van der Waals surface area (Å²) in [6, 6.07) is 13.6. The number of hydrogen-bond acceptors (Lipinski definition) is 7. The van der Waals surface area contributed by atoms with Crippen LogP contribution in [0.4, 0.5) is 0 Å². The molecule has 2 aromatic rings. The Balaban J connectivity index is 1.89. The lowest BCUT2D eigenvalue weighted by molar-refractivity contribution is -0.151. The molecule has 0 bridgehead atoms. The molecule has 0 aliphatic carbocycles. The summed E-state index contributed by atoms with van der Waals surface area (Å²) < 4.78 is 16.8. The average molecular weight is 486 g/mol. The van der Waals surface area contributed by atoms with E-state index in [9.17, 15) is 9.59 Å². The van der Waals surface area contributed by atoms with E-state index >= 15 is 0 Å². The van der Waals surface area contributed by atoms with Crippen LogP contribution in [0.2, 0.25) is 0 Å². The first-order valence-electron chi connectivity index (χ1n) is 10.8. The quantitative estimate of drug-likeness (QED) is 0.194. The van der Waals surface area contributed by atoms with Crippen LogP contribution in [-0.2, 0) is 14.3 Å². The zero-order chi connectivity index (χ0) is 23.8. The molecule has 0 aromatic heterocycles. The second kappa shape index (κ2) is 11.9. The Kier molecular flexibility index (Phi) is 8.91. The van der Waals surface area contributed by atoms with E-state index < -0.39 is 12.0 Å². The van der Waals surface area contributed by atoms with E-state index in [2.05, 4.69) is 6.92 Å². The number of ether oxygens (including phenoxy) is 3. The van der Waals surface area contributed by atoms with E-state index in [1.54, 1.807) is 32.2 Å². The highest BCUT2D eigenvalue weighted by atomic mass is 32.2. The Morgan fingerprint density at radius 3 is 2.58 bits per heavy atom. The molecule has 1 atom stereocenters. The first-order valence-corrected chi connectivity index (χ1v) is 12.0. The zero-order valence-electron chi connectivity index (χ0n) is 18.9. The van der Waals surface area contributed by atoms with E-state index in [0.717, 1.165) is 30.2 Å². The predicted molar refractivity (Wildman–Crippen MR) is 134 cm³/mol. The topological polar surface area (TPSA) is 65.1 Å². The Hall–Kier alpha value is -2.84. The summed E-state index contributed by atoms with van der Waals surface area (Å²) in [4.78, 5) is 27.9. The molecular formula is C25H27NO5S2. The molecule has 1 unspecified atom stereocenters. The SMILES string of the molecule is CCCCOc1ccc(/C=C2\SC(=S)N(C(C(=O)OCC)c3ccccc3)C2=O)cc1OC. The molecule has 1 aliphatic heterocycles. The number of carbonyl (C=O) groups excluding carboxylic acids is 2. The molecule has 0 spiro atoms. The molecule has 0 N–H and O–H groups in total. The lowest BCUT2D eigenvalue weighted by atomic mass is 10.1. The van der Waals surface area contributed by atoms with Crippen molar-refractivity contribution >= 4 is 46.3 Å². The molecule has 6 nitrogen and oxygen atoms in total. The molecule has 174 valence electrons. The number of hydrogen-bond donors (Lipinski definition) is 0. The fourth-order valence-electron chi connectivity index (χ4n) is 3.32. The van der Waals surface area contributed by atoms with Crippen LogP contribution in [0, 0.1) is 0 Å². The standard InChI is InChI=1S/C25H27NO5S2/c1-4-6-14-31-19-13-12-17(15-20(19)29-3)16-21-23(27)26(25(32)33-21)22(24(28)30-5-2)18-10-8-7-9-11-18/h7-13,15-16,22H,4-6,14H2,1-3H3/b21-16-. The van der Waals surface area contributed by atoms with Crippen LogP contribution >= 0.6 is 24.0 Å². The predicted octanol–water partition coefficient (Wildman–Crippen LogP) is 5.38. The second-order valence-electron chi connectivity index (χ2n) is 7.23. The van der Waals surface area contributed by atoms with Gasteiger partial charge in [-0.05, 0) is 42.7 Å². The summed E-state index contributed by atoms with van der Waals surface area (Å²) in [7, 11) is 1.58. The first-order chi connectivity index (χ1) is 16.0.